The third kappa shape index (κ3) is 3.11. The first-order chi connectivity index (χ1) is 10.2. The molecular weight excluding hydrogens is 266 g/mol. The van der Waals surface area contributed by atoms with E-state index >= 15 is 0 Å². The van der Waals surface area contributed by atoms with Crippen molar-refractivity contribution < 1.29 is 4.79 Å². The first-order valence-corrected chi connectivity index (χ1v) is 7.17. The Balaban J connectivity index is 1.56. The molecule has 0 spiro atoms. The van der Waals surface area contributed by atoms with E-state index in [2.05, 4.69) is 44.6 Å². The number of aromatic nitrogens is 3. The van der Waals surface area contributed by atoms with Crippen LogP contribution in [0.25, 0.3) is 0 Å². The smallest absolute Gasteiger partial charge is 0.276 e. The Kier molecular flexibility index (Phi) is 3.96. The summed E-state index contributed by atoms with van der Waals surface area (Å²) >= 11 is 0. The van der Waals surface area contributed by atoms with Crippen LogP contribution in [0, 0.1) is 6.92 Å². The SMILES string of the molecule is Cc1n[nH]nc1C(=O)N1CCN(Cc2ccccc2)CC1. The summed E-state index contributed by atoms with van der Waals surface area (Å²) in [5.74, 6) is -0.0272. The Morgan fingerprint density at radius 1 is 1.14 bits per heavy atom. The molecule has 1 aromatic heterocycles. The summed E-state index contributed by atoms with van der Waals surface area (Å²) < 4.78 is 0. The maximum atomic E-state index is 12.3. The largest absolute Gasteiger partial charge is 0.335 e. The second-order valence-electron chi connectivity index (χ2n) is 5.31. The number of piperazine rings is 1. The highest BCUT2D eigenvalue weighted by molar-refractivity contribution is 5.93. The van der Waals surface area contributed by atoms with Crippen molar-refractivity contribution in [3.63, 3.8) is 0 Å². The summed E-state index contributed by atoms with van der Waals surface area (Å²) in [7, 11) is 0. The number of carbonyl (C=O) groups excluding carboxylic acids is 1. The molecule has 1 fully saturated rings. The third-order valence-corrected chi connectivity index (χ3v) is 3.83. The van der Waals surface area contributed by atoms with Crippen LogP contribution in [-0.2, 0) is 6.54 Å². The molecule has 0 bridgehead atoms. The van der Waals surface area contributed by atoms with E-state index in [4.69, 9.17) is 0 Å². The molecule has 21 heavy (non-hydrogen) atoms. The minimum Gasteiger partial charge on any atom is -0.335 e. The predicted molar refractivity (Wildman–Crippen MR) is 78.7 cm³/mol. The van der Waals surface area contributed by atoms with Gasteiger partial charge in [-0.1, -0.05) is 30.3 Å². The summed E-state index contributed by atoms with van der Waals surface area (Å²) in [6.07, 6.45) is 0. The molecule has 2 heterocycles. The number of benzene rings is 1. The van der Waals surface area contributed by atoms with Crippen molar-refractivity contribution in [1.82, 2.24) is 25.2 Å². The number of hydrogen-bond donors (Lipinski definition) is 1. The van der Waals surface area contributed by atoms with Crippen LogP contribution in [0.3, 0.4) is 0 Å². The van der Waals surface area contributed by atoms with Gasteiger partial charge in [0, 0.05) is 32.7 Å². The fourth-order valence-electron chi connectivity index (χ4n) is 2.59. The number of hydrogen-bond acceptors (Lipinski definition) is 4. The lowest BCUT2D eigenvalue weighted by molar-refractivity contribution is 0.0622. The number of nitrogens with one attached hydrogen (secondary N) is 1. The molecule has 6 nitrogen and oxygen atoms in total. The molecule has 0 saturated carbocycles. The fourth-order valence-corrected chi connectivity index (χ4v) is 2.59. The number of rotatable bonds is 3. The minimum absolute atomic E-state index is 0.0272. The van der Waals surface area contributed by atoms with E-state index in [1.165, 1.54) is 5.56 Å². The van der Waals surface area contributed by atoms with Gasteiger partial charge in [0.1, 0.15) is 0 Å². The van der Waals surface area contributed by atoms with Crippen LogP contribution < -0.4 is 0 Å². The summed E-state index contributed by atoms with van der Waals surface area (Å²) in [5.41, 5.74) is 2.41. The van der Waals surface area contributed by atoms with Gasteiger partial charge in [0.2, 0.25) is 0 Å². The molecular formula is C15H19N5O. The molecule has 1 aromatic carbocycles. The molecule has 0 aliphatic carbocycles. The molecule has 1 N–H and O–H groups in total. The van der Waals surface area contributed by atoms with Gasteiger partial charge in [-0.25, -0.2) is 0 Å². The lowest BCUT2D eigenvalue weighted by Crippen LogP contribution is -2.48. The summed E-state index contributed by atoms with van der Waals surface area (Å²) in [4.78, 5) is 16.6. The van der Waals surface area contributed by atoms with Crippen LogP contribution in [0.15, 0.2) is 30.3 Å². The van der Waals surface area contributed by atoms with E-state index in [0.717, 1.165) is 32.7 Å². The number of amides is 1. The lowest BCUT2D eigenvalue weighted by atomic mass is 10.2. The average Bonchev–Trinajstić information content (AvgIpc) is 2.94. The maximum absolute atomic E-state index is 12.3. The van der Waals surface area contributed by atoms with Crippen molar-refractivity contribution in [2.45, 2.75) is 13.5 Å². The molecule has 110 valence electrons. The quantitative estimate of drug-likeness (QED) is 0.916. The van der Waals surface area contributed by atoms with E-state index in [9.17, 15) is 4.79 Å². The van der Waals surface area contributed by atoms with Crippen LogP contribution in [0.2, 0.25) is 0 Å². The lowest BCUT2D eigenvalue weighted by Gasteiger charge is -2.34. The predicted octanol–water partition coefficient (Wildman–Crippen LogP) is 1.07. The van der Waals surface area contributed by atoms with Gasteiger partial charge in [-0.15, -0.1) is 0 Å². The maximum Gasteiger partial charge on any atom is 0.276 e. The number of aryl methyl sites for hydroxylation is 1. The Hall–Kier alpha value is -2.21. The second-order valence-corrected chi connectivity index (χ2v) is 5.31. The zero-order valence-electron chi connectivity index (χ0n) is 12.1. The Morgan fingerprint density at radius 3 is 2.48 bits per heavy atom. The molecule has 6 heteroatoms. The molecule has 3 rings (SSSR count). The topological polar surface area (TPSA) is 65.1 Å². The molecule has 0 radical (unpaired) electrons. The van der Waals surface area contributed by atoms with E-state index in [1.54, 1.807) is 6.92 Å². The number of aromatic amines is 1. The van der Waals surface area contributed by atoms with Gasteiger partial charge < -0.3 is 4.90 Å². The zero-order chi connectivity index (χ0) is 14.7. The molecule has 2 aromatic rings. The molecule has 1 aliphatic heterocycles. The van der Waals surface area contributed by atoms with Crippen molar-refractivity contribution in [3.8, 4) is 0 Å². The third-order valence-electron chi connectivity index (χ3n) is 3.83. The molecule has 0 atom stereocenters. The van der Waals surface area contributed by atoms with Crippen molar-refractivity contribution >= 4 is 5.91 Å². The molecule has 0 unspecified atom stereocenters. The average molecular weight is 285 g/mol. The van der Waals surface area contributed by atoms with Crippen LogP contribution in [0.4, 0.5) is 0 Å². The highest BCUT2D eigenvalue weighted by Crippen LogP contribution is 2.11. The normalized spacial score (nSPS) is 16.1. The summed E-state index contributed by atoms with van der Waals surface area (Å²) in [6.45, 7) is 5.97. The van der Waals surface area contributed by atoms with Crippen LogP contribution in [0.5, 0.6) is 0 Å². The molecule has 1 amide bonds. The van der Waals surface area contributed by atoms with Gasteiger partial charge in [-0.05, 0) is 12.5 Å². The van der Waals surface area contributed by atoms with Gasteiger partial charge in [0.15, 0.2) is 5.69 Å². The van der Waals surface area contributed by atoms with Gasteiger partial charge in [0.25, 0.3) is 5.91 Å². The van der Waals surface area contributed by atoms with Crippen molar-refractivity contribution in [2.24, 2.45) is 0 Å². The van der Waals surface area contributed by atoms with Crippen LogP contribution >= 0.6 is 0 Å². The monoisotopic (exact) mass is 285 g/mol. The number of H-pyrrole nitrogens is 1. The highest BCUT2D eigenvalue weighted by atomic mass is 16.2. The van der Waals surface area contributed by atoms with Gasteiger partial charge in [-0.2, -0.15) is 15.4 Å². The highest BCUT2D eigenvalue weighted by Gasteiger charge is 2.25. The van der Waals surface area contributed by atoms with E-state index < -0.39 is 0 Å². The van der Waals surface area contributed by atoms with Crippen molar-refractivity contribution in [1.29, 1.82) is 0 Å². The van der Waals surface area contributed by atoms with E-state index in [0.29, 0.717) is 11.4 Å². The molecule has 1 aliphatic rings. The fraction of sp³-hybridized carbons (Fsp3) is 0.400. The van der Waals surface area contributed by atoms with Crippen molar-refractivity contribution in [3.05, 3.63) is 47.3 Å². The number of nitrogens with zero attached hydrogens (tertiary/aromatic N) is 4. The van der Waals surface area contributed by atoms with Crippen molar-refractivity contribution in [2.75, 3.05) is 26.2 Å². The zero-order valence-corrected chi connectivity index (χ0v) is 12.1. The Labute approximate surface area is 123 Å². The second kappa shape index (κ2) is 6.05. The first-order valence-electron chi connectivity index (χ1n) is 7.17. The minimum atomic E-state index is -0.0272. The van der Waals surface area contributed by atoms with E-state index in [1.807, 2.05) is 11.0 Å². The molecule has 1 saturated heterocycles. The summed E-state index contributed by atoms with van der Waals surface area (Å²) in [5, 5.41) is 10.3. The Bertz CT molecular complexity index is 602. The summed E-state index contributed by atoms with van der Waals surface area (Å²) in [6, 6.07) is 10.4. The van der Waals surface area contributed by atoms with Crippen LogP contribution in [-0.4, -0.2) is 57.3 Å². The first kappa shape index (κ1) is 13.8. The van der Waals surface area contributed by atoms with Gasteiger partial charge >= 0.3 is 0 Å². The number of carbonyl (C=O) groups is 1. The standard InChI is InChI=1S/C15H19N5O/c1-12-14(17-18-16-12)15(21)20-9-7-19(8-10-20)11-13-5-3-2-4-6-13/h2-6H,7-11H2,1H3,(H,16,17,18). The van der Waals surface area contributed by atoms with Gasteiger partial charge in [-0.3, -0.25) is 9.69 Å². The van der Waals surface area contributed by atoms with E-state index in [-0.39, 0.29) is 5.91 Å². The Morgan fingerprint density at radius 2 is 1.86 bits per heavy atom. The van der Waals surface area contributed by atoms with Crippen LogP contribution in [0.1, 0.15) is 21.7 Å². The van der Waals surface area contributed by atoms with Gasteiger partial charge in [0.05, 0.1) is 5.69 Å².